The maximum Gasteiger partial charge on any atom is 0.234 e. The van der Waals surface area contributed by atoms with Gasteiger partial charge in [-0.3, -0.25) is 14.6 Å². The van der Waals surface area contributed by atoms with E-state index in [1.54, 1.807) is 30.9 Å². The number of hydrogen-bond acceptors (Lipinski definition) is 4. The number of piperidine rings is 1. The van der Waals surface area contributed by atoms with Crippen molar-refractivity contribution in [1.29, 1.82) is 0 Å². The Hall–Kier alpha value is -2.53. The standard InChI is InChI=1S/C19H20N3O2/c20-18(24)16-12-19(8-11-22-16,15-4-2-1-3-5-15)13-17(23)14-6-9-21-10-7-14/h1-7,9-10,13,16,22H,8,11-12H2,(H2,20,24). The number of nitrogens with one attached hydrogen (secondary N) is 1. The lowest BCUT2D eigenvalue weighted by atomic mass is 9.67. The fourth-order valence-electron chi connectivity index (χ4n) is 3.31. The van der Waals surface area contributed by atoms with Crippen molar-refractivity contribution >= 4 is 11.7 Å². The summed E-state index contributed by atoms with van der Waals surface area (Å²) in [5.41, 5.74) is 6.61. The summed E-state index contributed by atoms with van der Waals surface area (Å²) in [6.07, 6.45) is 6.16. The van der Waals surface area contributed by atoms with Gasteiger partial charge in [0.15, 0.2) is 5.78 Å². The number of carbonyl (C=O) groups is 2. The largest absolute Gasteiger partial charge is 0.368 e. The fourth-order valence-corrected chi connectivity index (χ4v) is 3.31. The van der Waals surface area contributed by atoms with Crippen molar-refractivity contribution in [3.63, 3.8) is 0 Å². The number of carbonyl (C=O) groups excluding carboxylic acids is 2. The third-order valence-corrected chi connectivity index (χ3v) is 4.59. The van der Waals surface area contributed by atoms with Crippen LogP contribution >= 0.6 is 0 Å². The molecular weight excluding hydrogens is 302 g/mol. The molecule has 2 unspecified atom stereocenters. The molecule has 1 aromatic carbocycles. The van der Waals surface area contributed by atoms with Crippen molar-refractivity contribution in [1.82, 2.24) is 10.3 Å². The normalized spacial score (nSPS) is 23.6. The average Bonchev–Trinajstić information content (AvgIpc) is 2.63. The number of Topliss-reactive ketones (excluding diaryl/α,β-unsaturated/α-hetero) is 1. The maximum atomic E-state index is 12.7. The van der Waals surface area contributed by atoms with E-state index >= 15 is 0 Å². The molecule has 123 valence electrons. The minimum atomic E-state index is -0.507. The van der Waals surface area contributed by atoms with Gasteiger partial charge in [0.25, 0.3) is 0 Å². The second-order valence-corrected chi connectivity index (χ2v) is 6.13. The van der Waals surface area contributed by atoms with E-state index in [2.05, 4.69) is 10.3 Å². The molecule has 0 saturated carbocycles. The molecule has 1 aliphatic rings. The van der Waals surface area contributed by atoms with Gasteiger partial charge in [0, 0.05) is 29.8 Å². The number of amides is 1. The molecule has 1 radical (unpaired) electrons. The summed E-state index contributed by atoms with van der Waals surface area (Å²) < 4.78 is 0. The smallest absolute Gasteiger partial charge is 0.234 e. The van der Waals surface area contributed by atoms with E-state index in [0.717, 1.165) is 12.0 Å². The van der Waals surface area contributed by atoms with E-state index in [0.29, 0.717) is 18.5 Å². The van der Waals surface area contributed by atoms with E-state index in [9.17, 15) is 9.59 Å². The first-order chi connectivity index (χ1) is 11.6. The SMILES string of the molecule is NC(=O)C1CC([CH]C(=O)c2ccncc2)(c2ccccc2)CCN1. The zero-order valence-electron chi connectivity index (χ0n) is 13.3. The first-order valence-corrected chi connectivity index (χ1v) is 7.99. The van der Waals surface area contributed by atoms with Crippen molar-refractivity contribution < 1.29 is 9.59 Å². The zero-order valence-corrected chi connectivity index (χ0v) is 13.3. The molecule has 0 bridgehead atoms. The van der Waals surface area contributed by atoms with E-state index in [4.69, 9.17) is 5.73 Å². The quantitative estimate of drug-likeness (QED) is 0.820. The Kier molecular flexibility index (Phi) is 4.71. The van der Waals surface area contributed by atoms with Crippen LogP contribution in [0.4, 0.5) is 0 Å². The van der Waals surface area contributed by atoms with Crippen LogP contribution in [-0.2, 0) is 10.2 Å². The van der Waals surface area contributed by atoms with Gasteiger partial charge in [-0.05, 0) is 37.1 Å². The number of pyridine rings is 1. The number of hydrogen-bond donors (Lipinski definition) is 2. The van der Waals surface area contributed by atoms with Crippen LogP contribution in [0.15, 0.2) is 54.9 Å². The molecule has 0 spiro atoms. The van der Waals surface area contributed by atoms with E-state index in [1.165, 1.54) is 0 Å². The highest BCUT2D eigenvalue weighted by Gasteiger charge is 2.41. The van der Waals surface area contributed by atoms with Gasteiger partial charge >= 0.3 is 0 Å². The Morgan fingerprint density at radius 2 is 1.88 bits per heavy atom. The van der Waals surface area contributed by atoms with Gasteiger partial charge in [-0.2, -0.15) is 0 Å². The highest BCUT2D eigenvalue weighted by atomic mass is 16.1. The van der Waals surface area contributed by atoms with Crippen LogP contribution < -0.4 is 11.1 Å². The summed E-state index contributed by atoms with van der Waals surface area (Å²) in [5.74, 6) is -0.453. The Bertz CT molecular complexity index is 718. The molecule has 1 amide bonds. The topological polar surface area (TPSA) is 85.1 Å². The van der Waals surface area contributed by atoms with Crippen LogP contribution in [0.25, 0.3) is 0 Å². The first-order valence-electron chi connectivity index (χ1n) is 7.99. The predicted molar refractivity (Wildman–Crippen MR) is 91.2 cm³/mol. The van der Waals surface area contributed by atoms with E-state index in [-0.39, 0.29) is 11.7 Å². The molecule has 0 aliphatic carbocycles. The molecule has 5 heteroatoms. The van der Waals surface area contributed by atoms with E-state index < -0.39 is 11.5 Å². The fraction of sp³-hybridized carbons (Fsp3) is 0.263. The number of rotatable bonds is 5. The molecular formula is C19H20N3O2. The van der Waals surface area contributed by atoms with Crippen LogP contribution in [0, 0.1) is 6.42 Å². The van der Waals surface area contributed by atoms with Gasteiger partial charge in [-0.15, -0.1) is 0 Å². The van der Waals surface area contributed by atoms with Gasteiger partial charge in [0.2, 0.25) is 5.91 Å². The number of primary amides is 1. The highest BCUT2D eigenvalue weighted by molar-refractivity contribution is 6.03. The highest BCUT2D eigenvalue weighted by Crippen LogP contribution is 2.38. The number of nitrogens with two attached hydrogens (primary N) is 1. The molecule has 2 atom stereocenters. The Labute approximate surface area is 141 Å². The number of ketones is 1. The molecule has 1 saturated heterocycles. The molecule has 5 nitrogen and oxygen atoms in total. The average molecular weight is 322 g/mol. The Morgan fingerprint density at radius 3 is 2.54 bits per heavy atom. The van der Waals surface area contributed by atoms with Crippen LogP contribution in [-0.4, -0.2) is 29.3 Å². The second-order valence-electron chi connectivity index (χ2n) is 6.13. The molecule has 24 heavy (non-hydrogen) atoms. The van der Waals surface area contributed by atoms with Crippen molar-refractivity contribution in [3.8, 4) is 0 Å². The van der Waals surface area contributed by atoms with Crippen LogP contribution in [0.1, 0.15) is 28.8 Å². The molecule has 1 aromatic heterocycles. The summed E-state index contributed by atoms with van der Waals surface area (Å²) in [6.45, 7) is 0.628. The number of aromatic nitrogens is 1. The number of benzene rings is 1. The van der Waals surface area contributed by atoms with Gasteiger partial charge in [0.1, 0.15) is 0 Å². The lowest BCUT2D eigenvalue weighted by Gasteiger charge is -2.40. The summed E-state index contributed by atoms with van der Waals surface area (Å²) in [7, 11) is 0. The van der Waals surface area contributed by atoms with Gasteiger partial charge in [-0.1, -0.05) is 30.3 Å². The first kappa shape index (κ1) is 16.3. The van der Waals surface area contributed by atoms with Gasteiger partial charge in [-0.25, -0.2) is 0 Å². The minimum absolute atomic E-state index is 0.0635. The Morgan fingerprint density at radius 1 is 1.17 bits per heavy atom. The molecule has 3 N–H and O–H groups in total. The number of nitrogens with zero attached hydrogens (tertiary/aromatic N) is 1. The van der Waals surface area contributed by atoms with Crippen molar-refractivity contribution in [3.05, 3.63) is 72.4 Å². The predicted octanol–water partition coefficient (Wildman–Crippen LogP) is 1.64. The molecule has 2 aromatic rings. The van der Waals surface area contributed by atoms with Crippen molar-refractivity contribution in [2.24, 2.45) is 5.73 Å². The summed E-state index contributed by atoms with van der Waals surface area (Å²) in [6, 6.07) is 12.8. The van der Waals surface area contributed by atoms with E-state index in [1.807, 2.05) is 30.3 Å². The van der Waals surface area contributed by atoms with Gasteiger partial charge < -0.3 is 11.1 Å². The Balaban J connectivity index is 1.94. The van der Waals surface area contributed by atoms with Crippen LogP contribution in [0.5, 0.6) is 0 Å². The van der Waals surface area contributed by atoms with Crippen molar-refractivity contribution in [2.75, 3.05) is 6.54 Å². The molecule has 3 rings (SSSR count). The summed E-state index contributed by atoms with van der Waals surface area (Å²) >= 11 is 0. The lowest BCUT2D eigenvalue weighted by Crippen LogP contribution is -2.53. The monoisotopic (exact) mass is 322 g/mol. The maximum absolute atomic E-state index is 12.7. The minimum Gasteiger partial charge on any atom is -0.368 e. The lowest BCUT2D eigenvalue weighted by molar-refractivity contribution is -0.121. The van der Waals surface area contributed by atoms with Crippen LogP contribution in [0.3, 0.4) is 0 Å². The molecule has 1 aliphatic heterocycles. The zero-order chi connectivity index (χ0) is 17.0. The summed E-state index contributed by atoms with van der Waals surface area (Å²) in [5, 5.41) is 3.14. The third-order valence-electron chi connectivity index (χ3n) is 4.59. The van der Waals surface area contributed by atoms with Gasteiger partial charge in [0.05, 0.1) is 6.04 Å². The van der Waals surface area contributed by atoms with Crippen molar-refractivity contribution in [2.45, 2.75) is 24.3 Å². The molecule has 2 heterocycles. The summed E-state index contributed by atoms with van der Waals surface area (Å²) in [4.78, 5) is 28.4. The molecule has 1 fully saturated rings. The van der Waals surface area contributed by atoms with Crippen LogP contribution in [0.2, 0.25) is 0 Å². The second kappa shape index (κ2) is 6.93. The third kappa shape index (κ3) is 3.36.